The fraction of sp³-hybridized carbons (Fsp3) is 0.100. The van der Waals surface area contributed by atoms with Gasteiger partial charge in [-0.15, -0.1) is 0 Å². The van der Waals surface area contributed by atoms with Gasteiger partial charge in [-0.3, -0.25) is 9.78 Å². The second-order valence-electron chi connectivity index (χ2n) is 5.50. The minimum atomic E-state index is -0.0724. The number of benzene rings is 1. The van der Waals surface area contributed by atoms with Crippen molar-refractivity contribution >= 4 is 34.9 Å². The number of carbonyl (C=O) groups excluding carboxylic acids is 1. The fourth-order valence-electron chi connectivity index (χ4n) is 2.38. The highest BCUT2D eigenvalue weighted by Gasteiger charge is 2.13. The van der Waals surface area contributed by atoms with E-state index in [4.69, 9.17) is 11.6 Å². The number of hydrogen-bond acceptors (Lipinski definition) is 3. The minimum absolute atomic E-state index is 0.0724. The molecule has 0 spiro atoms. The number of pyridine rings is 1. The molecule has 0 aliphatic carbocycles. The van der Waals surface area contributed by atoms with E-state index in [-0.39, 0.29) is 5.91 Å². The molecular formula is C20H17ClN2OS. The lowest BCUT2D eigenvalue weighted by molar-refractivity contribution is -0.127. The molecular weight excluding hydrogens is 352 g/mol. The molecule has 3 nitrogen and oxygen atoms in total. The topological polar surface area (TPSA) is 33.2 Å². The van der Waals surface area contributed by atoms with E-state index in [0.29, 0.717) is 18.1 Å². The summed E-state index contributed by atoms with van der Waals surface area (Å²) >= 11 is 7.77. The van der Waals surface area contributed by atoms with Gasteiger partial charge in [0.2, 0.25) is 5.91 Å². The Bertz CT molecular complexity index is 847. The summed E-state index contributed by atoms with van der Waals surface area (Å²) in [4.78, 5) is 18.8. The number of rotatable bonds is 6. The van der Waals surface area contributed by atoms with Crippen LogP contribution in [-0.2, 0) is 17.9 Å². The monoisotopic (exact) mass is 368 g/mol. The van der Waals surface area contributed by atoms with Gasteiger partial charge < -0.3 is 4.90 Å². The van der Waals surface area contributed by atoms with Gasteiger partial charge in [0, 0.05) is 23.8 Å². The molecule has 1 aromatic carbocycles. The molecule has 3 rings (SSSR count). The van der Waals surface area contributed by atoms with Crippen molar-refractivity contribution in [2.75, 3.05) is 0 Å². The highest BCUT2D eigenvalue weighted by Crippen LogP contribution is 2.17. The number of carbonyl (C=O) groups is 1. The number of aromatic nitrogens is 1. The normalized spacial score (nSPS) is 10.9. The van der Waals surface area contributed by atoms with Gasteiger partial charge in [-0.25, -0.2) is 0 Å². The third-order valence-corrected chi connectivity index (χ3v) is 4.73. The predicted octanol–water partition coefficient (Wildman–Crippen LogP) is 5.04. The first-order chi connectivity index (χ1) is 12.2. The minimum Gasteiger partial charge on any atom is -0.329 e. The Morgan fingerprint density at radius 3 is 2.68 bits per heavy atom. The summed E-state index contributed by atoms with van der Waals surface area (Å²) in [5.41, 5.74) is 2.79. The summed E-state index contributed by atoms with van der Waals surface area (Å²) in [6.07, 6.45) is 5.06. The number of amides is 1. The summed E-state index contributed by atoms with van der Waals surface area (Å²) in [7, 11) is 0. The molecule has 1 amide bonds. The van der Waals surface area contributed by atoms with Crippen LogP contribution in [0.1, 0.15) is 16.8 Å². The van der Waals surface area contributed by atoms with Crippen LogP contribution in [0.15, 0.2) is 71.6 Å². The Labute approximate surface area is 156 Å². The zero-order valence-corrected chi connectivity index (χ0v) is 15.1. The first-order valence-electron chi connectivity index (χ1n) is 7.85. The van der Waals surface area contributed by atoms with E-state index in [1.807, 2.05) is 53.9 Å². The molecule has 25 heavy (non-hydrogen) atoms. The van der Waals surface area contributed by atoms with Crippen molar-refractivity contribution < 1.29 is 4.79 Å². The Morgan fingerprint density at radius 1 is 1.12 bits per heavy atom. The summed E-state index contributed by atoms with van der Waals surface area (Å²) < 4.78 is 0. The van der Waals surface area contributed by atoms with Crippen molar-refractivity contribution in [1.82, 2.24) is 9.88 Å². The Hall–Kier alpha value is -2.43. The molecule has 2 heterocycles. The number of thiophene rings is 1. The van der Waals surface area contributed by atoms with Crippen LogP contribution < -0.4 is 0 Å². The lowest BCUT2D eigenvalue weighted by Gasteiger charge is -2.20. The molecule has 0 atom stereocenters. The maximum atomic E-state index is 12.7. The van der Waals surface area contributed by atoms with Crippen LogP contribution >= 0.6 is 22.9 Å². The molecule has 0 saturated heterocycles. The first-order valence-corrected chi connectivity index (χ1v) is 9.17. The van der Waals surface area contributed by atoms with E-state index in [9.17, 15) is 4.79 Å². The van der Waals surface area contributed by atoms with Crippen molar-refractivity contribution in [1.29, 1.82) is 0 Å². The molecule has 0 unspecified atom stereocenters. The molecule has 0 N–H and O–H groups in total. The molecule has 0 aliphatic rings. The van der Waals surface area contributed by atoms with Crippen LogP contribution in [0.4, 0.5) is 0 Å². The van der Waals surface area contributed by atoms with Crippen LogP contribution in [0.2, 0.25) is 5.02 Å². The predicted molar refractivity (Wildman–Crippen MR) is 103 cm³/mol. The van der Waals surface area contributed by atoms with E-state index in [1.54, 1.807) is 34.6 Å². The smallest absolute Gasteiger partial charge is 0.247 e. The standard InChI is InChI=1S/C20H17ClN2OS/c21-19-7-2-1-5-17(19)8-9-20(24)23(13-16-10-12-25-15-16)14-18-6-3-4-11-22-18/h1-12,15H,13-14H2/b9-8+. The molecule has 126 valence electrons. The van der Waals surface area contributed by atoms with Gasteiger partial charge in [0.1, 0.15) is 0 Å². The zero-order chi connectivity index (χ0) is 17.5. The van der Waals surface area contributed by atoms with E-state index in [2.05, 4.69) is 10.4 Å². The average molecular weight is 369 g/mol. The molecule has 5 heteroatoms. The third-order valence-electron chi connectivity index (χ3n) is 3.65. The van der Waals surface area contributed by atoms with Gasteiger partial charge in [-0.2, -0.15) is 11.3 Å². The Kier molecular flexibility index (Phi) is 5.99. The van der Waals surface area contributed by atoms with Gasteiger partial charge in [-0.05, 0) is 52.2 Å². The number of hydrogen-bond donors (Lipinski definition) is 0. The SMILES string of the molecule is O=C(/C=C/c1ccccc1Cl)N(Cc1ccsc1)Cc1ccccn1. The van der Waals surface area contributed by atoms with Crippen LogP contribution in [0.5, 0.6) is 0 Å². The third kappa shape index (κ3) is 5.02. The number of halogens is 1. The van der Waals surface area contributed by atoms with Crippen molar-refractivity contribution in [3.63, 3.8) is 0 Å². The van der Waals surface area contributed by atoms with Crippen molar-refractivity contribution in [3.8, 4) is 0 Å². The van der Waals surface area contributed by atoms with Gasteiger partial charge in [0.25, 0.3) is 0 Å². The first kappa shape index (κ1) is 17.4. The highest BCUT2D eigenvalue weighted by molar-refractivity contribution is 7.07. The molecule has 2 aromatic heterocycles. The lowest BCUT2D eigenvalue weighted by atomic mass is 10.2. The van der Waals surface area contributed by atoms with Crippen molar-refractivity contribution in [3.05, 3.63) is 93.4 Å². The van der Waals surface area contributed by atoms with Crippen LogP contribution in [0.25, 0.3) is 6.08 Å². The van der Waals surface area contributed by atoms with Crippen LogP contribution in [-0.4, -0.2) is 15.8 Å². The molecule has 0 radical (unpaired) electrons. The molecule has 3 aromatic rings. The fourth-order valence-corrected chi connectivity index (χ4v) is 3.24. The van der Waals surface area contributed by atoms with Crippen molar-refractivity contribution in [2.24, 2.45) is 0 Å². The van der Waals surface area contributed by atoms with Gasteiger partial charge >= 0.3 is 0 Å². The van der Waals surface area contributed by atoms with Crippen LogP contribution in [0, 0.1) is 0 Å². The maximum Gasteiger partial charge on any atom is 0.247 e. The highest BCUT2D eigenvalue weighted by atomic mass is 35.5. The summed E-state index contributed by atoms with van der Waals surface area (Å²) in [5.74, 6) is -0.0724. The largest absolute Gasteiger partial charge is 0.329 e. The zero-order valence-electron chi connectivity index (χ0n) is 13.5. The van der Waals surface area contributed by atoms with Crippen LogP contribution in [0.3, 0.4) is 0 Å². The quantitative estimate of drug-likeness (QED) is 0.571. The van der Waals surface area contributed by atoms with Gasteiger partial charge in [0.05, 0.1) is 12.2 Å². The second-order valence-corrected chi connectivity index (χ2v) is 6.69. The summed E-state index contributed by atoms with van der Waals surface area (Å²) in [6, 6.07) is 15.2. The van der Waals surface area contributed by atoms with E-state index in [0.717, 1.165) is 16.8 Å². The molecule has 0 saturated carbocycles. The van der Waals surface area contributed by atoms with E-state index >= 15 is 0 Å². The van der Waals surface area contributed by atoms with E-state index in [1.165, 1.54) is 0 Å². The molecule has 0 bridgehead atoms. The van der Waals surface area contributed by atoms with Gasteiger partial charge in [-0.1, -0.05) is 35.9 Å². The molecule has 0 fully saturated rings. The van der Waals surface area contributed by atoms with Crippen molar-refractivity contribution in [2.45, 2.75) is 13.1 Å². The number of nitrogens with zero attached hydrogens (tertiary/aromatic N) is 2. The summed E-state index contributed by atoms with van der Waals surface area (Å²) in [5, 5.41) is 4.69. The second kappa shape index (κ2) is 8.60. The Balaban J connectivity index is 1.77. The Morgan fingerprint density at radius 2 is 1.96 bits per heavy atom. The molecule has 0 aliphatic heterocycles. The average Bonchev–Trinajstić information content (AvgIpc) is 3.14. The summed E-state index contributed by atoms with van der Waals surface area (Å²) in [6.45, 7) is 1.01. The maximum absolute atomic E-state index is 12.7. The van der Waals surface area contributed by atoms with E-state index < -0.39 is 0 Å². The lowest BCUT2D eigenvalue weighted by Crippen LogP contribution is -2.28. The van der Waals surface area contributed by atoms with Gasteiger partial charge in [0.15, 0.2) is 0 Å².